The summed E-state index contributed by atoms with van der Waals surface area (Å²) in [7, 11) is 0. The lowest BCUT2D eigenvalue weighted by Crippen LogP contribution is -2.36. The van der Waals surface area contributed by atoms with Gasteiger partial charge in [0.25, 0.3) is 0 Å². The van der Waals surface area contributed by atoms with Crippen LogP contribution in [-0.4, -0.2) is 24.7 Å². The van der Waals surface area contributed by atoms with Crippen molar-refractivity contribution >= 4 is 18.4 Å². The van der Waals surface area contributed by atoms with Crippen molar-refractivity contribution in [2.45, 2.75) is 44.7 Å². The molecule has 0 bridgehead atoms. The highest BCUT2D eigenvalue weighted by molar-refractivity contribution is 5.85. The van der Waals surface area contributed by atoms with E-state index in [1.807, 2.05) is 6.92 Å². The highest BCUT2D eigenvalue weighted by atomic mass is 35.5. The quantitative estimate of drug-likeness (QED) is 0.716. The molecule has 2 rings (SSSR count). The van der Waals surface area contributed by atoms with Crippen LogP contribution in [-0.2, 0) is 9.53 Å². The summed E-state index contributed by atoms with van der Waals surface area (Å²) in [5.41, 5.74) is 0. The number of rotatable bonds is 2. The molecule has 1 aliphatic carbocycles. The Morgan fingerprint density at radius 1 is 1.50 bits per heavy atom. The number of ether oxygens (including phenoxy) is 1. The van der Waals surface area contributed by atoms with Crippen LogP contribution in [0.1, 0.15) is 32.6 Å². The van der Waals surface area contributed by atoms with Gasteiger partial charge in [0.05, 0.1) is 6.61 Å². The lowest BCUT2D eigenvalue weighted by atomic mass is 10.0. The van der Waals surface area contributed by atoms with Gasteiger partial charge in [-0.3, -0.25) is 4.79 Å². The van der Waals surface area contributed by atoms with E-state index in [-0.39, 0.29) is 24.4 Å². The first kappa shape index (κ1) is 11.8. The van der Waals surface area contributed by atoms with Crippen LogP contribution in [0.25, 0.3) is 0 Å². The lowest BCUT2D eigenvalue weighted by Gasteiger charge is -2.11. The molecule has 1 saturated heterocycles. The third-order valence-corrected chi connectivity index (χ3v) is 3.18. The first-order chi connectivity index (χ1) is 6.31. The van der Waals surface area contributed by atoms with E-state index in [9.17, 15) is 4.79 Å². The third kappa shape index (κ3) is 2.20. The molecule has 2 fully saturated rings. The average Bonchev–Trinajstić information content (AvgIpc) is 2.61. The van der Waals surface area contributed by atoms with Gasteiger partial charge < -0.3 is 10.1 Å². The van der Waals surface area contributed by atoms with Crippen molar-refractivity contribution in [2.24, 2.45) is 5.92 Å². The average molecular weight is 220 g/mol. The van der Waals surface area contributed by atoms with Gasteiger partial charge in [-0.25, -0.2) is 0 Å². The van der Waals surface area contributed by atoms with E-state index >= 15 is 0 Å². The van der Waals surface area contributed by atoms with Gasteiger partial charge >= 0.3 is 5.97 Å². The van der Waals surface area contributed by atoms with Gasteiger partial charge in [0.2, 0.25) is 0 Å². The van der Waals surface area contributed by atoms with Crippen molar-refractivity contribution in [2.75, 3.05) is 6.61 Å². The van der Waals surface area contributed by atoms with Crippen molar-refractivity contribution in [1.82, 2.24) is 5.32 Å². The third-order valence-electron chi connectivity index (χ3n) is 3.18. The van der Waals surface area contributed by atoms with Crippen LogP contribution in [0.4, 0.5) is 0 Å². The summed E-state index contributed by atoms with van der Waals surface area (Å²) in [5.74, 6) is 0.673. The van der Waals surface area contributed by atoms with Gasteiger partial charge in [-0.2, -0.15) is 0 Å². The minimum Gasteiger partial charge on any atom is -0.465 e. The molecule has 0 aromatic heterocycles. The van der Waals surface area contributed by atoms with Gasteiger partial charge in [-0.1, -0.05) is 6.42 Å². The Hall–Kier alpha value is -0.280. The molecule has 3 atom stereocenters. The van der Waals surface area contributed by atoms with Crippen molar-refractivity contribution in [3.05, 3.63) is 0 Å². The summed E-state index contributed by atoms with van der Waals surface area (Å²) in [6.07, 6.45) is 4.83. The van der Waals surface area contributed by atoms with Gasteiger partial charge in [-0.15, -0.1) is 12.4 Å². The van der Waals surface area contributed by atoms with Crippen LogP contribution in [0.3, 0.4) is 0 Å². The maximum absolute atomic E-state index is 11.4. The summed E-state index contributed by atoms with van der Waals surface area (Å²) in [6, 6.07) is 0.574. The van der Waals surface area contributed by atoms with Crippen LogP contribution < -0.4 is 5.32 Å². The van der Waals surface area contributed by atoms with Crippen LogP contribution >= 0.6 is 12.4 Å². The Morgan fingerprint density at radius 2 is 2.29 bits per heavy atom. The summed E-state index contributed by atoms with van der Waals surface area (Å²) >= 11 is 0. The normalized spacial score (nSPS) is 34.8. The molecular formula is C10H18ClNO2. The Kier molecular flexibility index (Phi) is 4.20. The second-order valence-corrected chi connectivity index (χ2v) is 4.00. The summed E-state index contributed by atoms with van der Waals surface area (Å²) in [6.45, 7) is 2.35. The van der Waals surface area contributed by atoms with E-state index in [2.05, 4.69) is 5.32 Å². The molecule has 2 aliphatic rings. The second kappa shape index (κ2) is 4.99. The molecule has 0 radical (unpaired) electrons. The number of carbonyl (C=O) groups excluding carboxylic acids is 1. The number of nitrogens with one attached hydrogen (secondary N) is 1. The van der Waals surface area contributed by atoms with Crippen LogP contribution in [0, 0.1) is 5.92 Å². The molecule has 0 spiro atoms. The smallest absolute Gasteiger partial charge is 0.323 e. The summed E-state index contributed by atoms with van der Waals surface area (Å²) in [5, 5.41) is 3.36. The molecule has 3 nitrogen and oxygen atoms in total. The van der Waals surface area contributed by atoms with Crippen LogP contribution in [0.15, 0.2) is 0 Å². The van der Waals surface area contributed by atoms with Crippen molar-refractivity contribution < 1.29 is 9.53 Å². The molecular weight excluding hydrogens is 202 g/mol. The predicted octanol–water partition coefficient (Wildman–Crippen LogP) is 1.50. The molecule has 1 aliphatic heterocycles. The number of hydrogen-bond donors (Lipinski definition) is 1. The van der Waals surface area contributed by atoms with E-state index < -0.39 is 0 Å². The fourth-order valence-electron chi connectivity index (χ4n) is 2.57. The maximum Gasteiger partial charge on any atom is 0.323 e. The second-order valence-electron chi connectivity index (χ2n) is 4.00. The fourth-order valence-corrected chi connectivity index (χ4v) is 2.57. The van der Waals surface area contributed by atoms with Crippen molar-refractivity contribution in [3.63, 3.8) is 0 Å². The molecule has 1 heterocycles. The van der Waals surface area contributed by atoms with E-state index in [1.54, 1.807) is 0 Å². The van der Waals surface area contributed by atoms with Gasteiger partial charge in [0, 0.05) is 6.04 Å². The van der Waals surface area contributed by atoms with Crippen molar-refractivity contribution in [3.8, 4) is 0 Å². The zero-order chi connectivity index (χ0) is 9.26. The monoisotopic (exact) mass is 219 g/mol. The molecule has 4 heteroatoms. The SMILES string of the molecule is CCOC(=O)C1C[C@H]2CCC[C@H]2N1.Cl. The number of carbonyl (C=O) groups is 1. The first-order valence-corrected chi connectivity index (χ1v) is 5.24. The first-order valence-electron chi connectivity index (χ1n) is 5.24. The van der Waals surface area contributed by atoms with Gasteiger partial charge in [0.15, 0.2) is 0 Å². The Bertz CT molecular complexity index is 198. The predicted molar refractivity (Wildman–Crippen MR) is 56.6 cm³/mol. The largest absolute Gasteiger partial charge is 0.465 e. The lowest BCUT2D eigenvalue weighted by molar-refractivity contribution is -0.145. The number of fused-ring (bicyclic) bond motifs is 1. The molecule has 0 amide bonds. The Balaban J connectivity index is 0.000000980. The van der Waals surface area contributed by atoms with Gasteiger partial charge in [0.1, 0.15) is 6.04 Å². The molecule has 14 heavy (non-hydrogen) atoms. The summed E-state index contributed by atoms with van der Waals surface area (Å²) in [4.78, 5) is 11.4. The van der Waals surface area contributed by atoms with E-state index in [0.717, 1.165) is 12.3 Å². The van der Waals surface area contributed by atoms with E-state index in [1.165, 1.54) is 19.3 Å². The highest BCUT2D eigenvalue weighted by Crippen LogP contribution is 2.34. The van der Waals surface area contributed by atoms with E-state index in [4.69, 9.17) is 4.74 Å². The fraction of sp³-hybridized carbons (Fsp3) is 0.900. The molecule has 1 unspecified atom stereocenters. The van der Waals surface area contributed by atoms with Gasteiger partial charge in [-0.05, 0) is 32.1 Å². The molecule has 1 saturated carbocycles. The minimum absolute atomic E-state index is 0. The van der Waals surface area contributed by atoms with E-state index in [0.29, 0.717) is 12.6 Å². The molecule has 0 aromatic carbocycles. The number of esters is 1. The Morgan fingerprint density at radius 3 is 2.93 bits per heavy atom. The standard InChI is InChI=1S/C10H17NO2.ClH/c1-2-13-10(12)9-6-7-4-3-5-8(7)11-9;/h7-9,11H,2-6H2,1H3;1H/t7-,8-,9?;/m1./s1. The maximum atomic E-state index is 11.4. The number of hydrogen-bond acceptors (Lipinski definition) is 3. The zero-order valence-electron chi connectivity index (χ0n) is 8.49. The highest BCUT2D eigenvalue weighted by Gasteiger charge is 2.40. The van der Waals surface area contributed by atoms with Crippen LogP contribution in [0.5, 0.6) is 0 Å². The topological polar surface area (TPSA) is 38.3 Å². The summed E-state index contributed by atoms with van der Waals surface area (Å²) < 4.78 is 4.99. The minimum atomic E-state index is -0.0584. The number of halogens is 1. The van der Waals surface area contributed by atoms with Crippen molar-refractivity contribution in [1.29, 1.82) is 0 Å². The Labute approximate surface area is 91.0 Å². The molecule has 1 N–H and O–H groups in total. The molecule has 82 valence electrons. The zero-order valence-corrected chi connectivity index (χ0v) is 9.31. The molecule has 0 aromatic rings. The van der Waals surface area contributed by atoms with Crippen LogP contribution in [0.2, 0.25) is 0 Å².